The molecule has 38 heavy (non-hydrogen) atoms. The van der Waals surface area contributed by atoms with Gasteiger partial charge in [-0.15, -0.1) is 11.3 Å². The van der Waals surface area contributed by atoms with Crippen LogP contribution in [0.3, 0.4) is 0 Å². The summed E-state index contributed by atoms with van der Waals surface area (Å²) in [5.74, 6) is -1.95. The van der Waals surface area contributed by atoms with Gasteiger partial charge in [0.25, 0.3) is 5.91 Å². The van der Waals surface area contributed by atoms with Gasteiger partial charge in [0.05, 0.1) is 41.1 Å². The van der Waals surface area contributed by atoms with Gasteiger partial charge in [-0.05, 0) is 39.0 Å². The zero-order chi connectivity index (χ0) is 27.7. The first-order chi connectivity index (χ1) is 18.1. The normalized spacial score (nSPS) is 15.1. The van der Waals surface area contributed by atoms with Crippen molar-refractivity contribution in [3.63, 3.8) is 0 Å². The van der Waals surface area contributed by atoms with Gasteiger partial charge >= 0.3 is 5.97 Å². The molecule has 0 saturated heterocycles. The molecule has 4 rings (SSSR count). The van der Waals surface area contributed by atoms with E-state index in [2.05, 4.69) is 16.5 Å². The maximum absolute atomic E-state index is 13.9. The Labute approximate surface area is 226 Å². The van der Waals surface area contributed by atoms with Crippen molar-refractivity contribution in [2.45, 2.75) is 26.8 Å². The molecule has 3 heterocycles. The molecule has 0 saturated carbocycles. The van der Waals surface area contributed by atoms with Gasteiger partial charge in [-0.2, -0.15) is 0 Å². The number of Topliss-reactive ketones (excluding diaryl/α,β-unsaturated/α-hetero) is 1. The summed E-state index contributed by atoms with van der Waals surface area (Å²) in [6, 6.07) is 3.80. The lowest BCUT2D eigenvalue weighted by atomic mass is 9.94. The van der Waals surface area contributed by atoms with E-state index in [9.17, 15) is 19.5 Å². The number of aromatic nitrogens is 2. The molecule has 0 fully saturated rings. The third-order valence-corrected chi connectivity index (χ3v) is 8.01. The van der Waals surface area contributed by atoms with Gasteiger partial charge in [0.2, 0.25) is 5.78 Å². The van der Waals surface area contributed by atoms with Crippen molar-refractivity contribution in [3.8, 4) is 11.5 Å². The highest BCUT2D eigenvalue weighted by Gasteiger charge is 2.48. The number of ether oxygens (including phenoxy) is 3. The average Bonchev–Trinajstić information content (AvgIpc) is 3.53. The minimum absolute atomic E-state index is 0.00635. The molecule has 3 aromatic rings. The number of methoxy groups -OCH3 is 2. The van der Waals surface area contributed by atoms with Crippen LogP contribution in [0, 0.1) is 20.8 Å². The number of carbonyl (C=O) groups is 3. The Morgan fingerprint density at radius 3 is 2.42 bits per heavy atom. The Bertz CT molecular complexity index is 1490. The van der Waals surface area contributed by atoms with Crippen LogP contribution >= 0.6 is 22.7 Å². The number of hydrogen-bond acceptors (Lipinski definition) is 11. The fourth-order valence-electron chi connectivity index (χ4n) is 4.12. The van der Waals surface area contributed by atoms with Gasteiger partial charge < -0.3 is 19.3 Å². The van der Waals surface area contributed by atoms with Crippen molar-refractivity contribution in [3.05, 3.63) is 73.9 Å². The van der Waals surface area contributed by atoms with E-state index in [0.29, 0.717) is 38.3 Å². The summed E-state index contributed by atoms with van der Waals surface area (Å²) >= 11 is 2.08. The van der Waals surface area contributed by atoms with Crippen molar-refractivity contribution in [2.75, 3.05) is 25.7 Å². The molecule has 1 unspecified atom stereocenters. The number of amides is 1. The average molecular weight is 556 g/mol. The van der Waals surface area contributed by atoms with E-state index in [1.54, 1.807) is 39.0 Å². The Morgan fingerprint density at radius 2 is 1.82 bits per heavy atom. The van der Waals surface area contributed by atoms with Crippen molar-refractivity contribution >= 4 is 45.5 Å². The maximum Gasteiger partial charge on any atom is 0.350 e. The number of benzene rings is 1. The second-order valence-corrected chi connectivity index (χ2v) is 10.4. The molecule has 198 valence electrons. The SMILES string of the molecule is C=CCOC(=O)c1sc(N2C(=O)C(O)=C(C(=O)c3sc(C)nc3C)C2c2cc(OC)ccc2OC)nc1C. The monoisotopic (exact) mass is 555 g/mol. The number of aryl methyl sites for hydroxylation is 3. The van der Waals surface area contributed by atoms with Gasteiger partial charge in [-0.3, -0.25) is 14.5 Å². The van der Waals surface area contributed by atoms with Crippen LogP contribution in [0.15, 0.2) is 42.2 Å². The highest BCUT2D eigenvalue weighted by atomic mass is 32.1. The van der Waals surface area contributed by atoms with Crippen LogP contribution in [-0.4, -0.2) is 53.6 Å². The lowest BCUT2D eigenvalue weighted by Crippen LogP contribution is -2.31. The number of thiazole rings is 2. The molecule has 1 aliphatic rings. The van der Waals surface area contributed by atoms with Crippen LogP contribution in [0.2, 0.25) is 0 Å². The lowest BCUT2D eigenvalue weighted by molar-refractivity contribution is -0.117. The number of aliphatic hydroxyl groups excluding tert-OH is 1. The molecule has 0 spiro atoms. The molecule has 1 atom stereocenters. The molecule has 1 aromatic carbocycles. The smallest absolute Gasteiger partial charge is 0.350 e. The summed E-state index contributed by atoms with van der Waals surface area (Å²) in [5.41, 5.74) is 1.04. The molecule has 1 N–H and O–H groups in total. The Kier molecular flexibility index (Phi) is 7.65. The molecule has 1 aliphatic heterocycles. The minimum atomic E-state index is -1.13. The van der Waals surface area contributed by atoms with E-state index >= 15 is 0 Å². The van der Waals surface area contributed by atoms with Crippen LogP contribution in [-0.2, 0) is 9.53 Å². The molecule has 0 radical (unpaired) electrons. The van der Waals surface area contributed by atoms with Gasteiger partial charge in [0.15, 0.2) is 10.9 Å². The van der Waals surface area contributed by atoms with Crippen LogP contribution in [0.1, 0.15) is 47.3 Å². The zero-order valence-electron chi connectivity index (χ0n) is 21.4. The summed E-state index contributed by atoms with van der Waals surface area (Å²) in [6.07, 6.45) is 1.44. The molecular weight excluding hydrogens is 530 g/mol. The Balaban J connectivity index is 1.92. The van der Waals surface area contributed by atoms with E-state index in [0.717, 1.165) is 11.3 Å². The van der Waals surface area contributed by atoms with Crippen LogP contribution < -0.4 is 14.4 Å². The summed E-state index contributed by atoms with van der Waals surface area (Å²) in [4.78, 5) is 50.4. The fourth-order valence-corrected chi connectivity index (χ4v) is 5.98. The van der Waals surface area contributed by atoms with Crippen LogP contribution in [0.25, 0.3) is 0 Å². The number of nitrogens with zero attached hydrogens (tertiary/aromatic N) is 3. The summed E-state index contributed by atoms with van der Waals surface area (Å²) in [7, 11) is 2.94. The number of anilines is 1. The van der Waals surface area contributed by atoms with Gasteiger partial charge in [-0.25, -0.2) is 14.8 Å². The minimum Gasteiger partial charge on any atom is -0.503 e. The maximum atomic E-state index is 13.9. The molecule has 12 heteroatoms. The Hall–Kier alpha value is -4.03. The van der Waals surface area contributed by atoms with E-state index in [1.165, 1.54) is 36.5 Å². The quantitative estimate of drug-likeness (QED) is 0.228. The second kappa shape index (κ2) is 10.8. The predicted octanol–water partition coefficient (Wildman–Crippen LogP) is 4.67. The van der Waals surface area contributed by atoms with Crippen molar-refractivity contribution < 1.29 is 33.7 Å². The van der Waals surface area contributed by atoms with Gasteiger partial charge in [0.1, 0.15) is 29.0 Å². The number of aliphatic hydroxyl groups is 1. The first-order valence-electron chi connectivity index (χ1n) is 11.4. The molecule has 0 bridgehead atoms. The topological polar surface area (TPSA) is 128 Å². The van der Waals surface area contributed by atoms with Crippen LogP contribution in [0.5, 0.6) is 11.5 Å². The highest BCUT2D eigenvalue weighted by Crippen LogP contribution is 2.47. The van der Waals surface area contributed by atoms with Gasteiger partial charge in [0, 0.05) is 5.56 Å². The molecule has 1 amide bonds. The third kappa shape index (κ3) is 4.68. The number of ketones is 1. The van der Waals surface area contributed by atoms with E-state index in [1.807, 2.05) is 0 Å². The molecule has 0 aliphatic carbocycles. The number of hydrogen-bond donors (Lipinski definition) is 1. The first kappa shape index (κ1) is 27.0. The lowest BCUT2D eigenvalue weighted by Gasteiger charge is -2.26. The van der Waals surface area contributed by atoms with E-state index in [-0.39, 0.29) is 22.2 Å². The number of rotatable bonds is 9. The predicted molar refractivity (Wildman–Crippen MR) is 143 cm³/mol. The fraction of sp³-hybridized carbons (Fsp3) is 0.269. The summed E-state index contributed by atoms with van der Waals surface area (Å²) in [5, 5.41) is 11.9. The zero-order valence-corrected chi connectivity index (χ0v) is 23.0. The largest absolute Gasteiger partial charge is 0.503 e. The first-order valence-corrected chi connectivity index (χ1v) is 13.0. The van der Waals surface area contributed by atoms with Gasteiger partial charge in [-0.1, -0.05) is 24.0 Å². The van der Waals surface area contributed by atoms with E-state index in [4.69, 9.17) is 14.2 Å². The second-order valence-electron chi connectivity index (χ2n) is 8.22. The van der Waals surface area contributed by atoms with Crippen LogP contribution in [0.4, 0.5) is 5.13 Å². The highest BCUT2D eigenvalue weighted by molar-refractivity contribution is 7.17. The van der Waals surface area contributed by atoms with E-state index < -0.39 is 29.5 Å². The Morgan fingerprint density at radius 1 is 1.11 bits per heavy atom. The summed E-state index contributed by atoms with van der Waals surface area (Å²) in [6.45, 7) is 8.60. The standard InChI is InChI=1S/C26H25N3O7S2/c1-7-10-36-25(33)23-13(3)28-26(38-23)29-19(16-11-15(34-5)8-9-17(16)35-6)18(21(31)24(29)32)20(30)22-12(2)27-14(4)37-22/h7-9,11,19,31H,1,10H2,2-6H3. The third-order valence-electron chi connectivity index (χ3n) is 5.80. The molecular formula is C26H25N3O7S2. The van der Waals surface area contributed by atoms with Crippen molar-refractivity contribution in [2.24, 2.45) is 0 Å². The number of esters is 1. The van der Waals surface area contributed by atoms with Crippen molar-refractivity contribution in [1.29, 1.82) is 0 Å². The molecule has 10 nitrogen and oxygen atoms in total. The molecule has 2 aromatic heterocycles. The number of carbonyl (C=O) groups excluding carboxylic acids is 3. The van der Waals surface area contributed by atoms with Crippen molar-refractivity contribution in [1.82, 2.24) is 9.97 Å². The summed E-state index contributed by atoms with van der Waals surface area (Å²) < 4.78 is 16.1.